The number of nitrogens with zero attached hydrogens (tertiary/aromatic N) is 1. The van der Waals surface area contributed by atoms with E-state index in [1.54, 1.807) is 12.1 Å². The van der Waals surface area contributed by atoms with Gasteiger partial charge >= 0.3 is 5.97 Å². The number of aliphatic hydroxyl groups is 1. The number of methoxy groups -OCH3 is 1. The van der Waals surface area contributed by atoms with Gasteiger partial charge in [-0.15, -0.1) is 0 Å². The summed E-state index contributed by atoms with van der Waals surface area (Å²) in [5, 5.41) is 10.1. The lowest BCUT2D eigenvalue weighted by Crippen LogP contribution is -2.21. The molecule has 108 valence electrons. The summed E-state index contributed by atoms with van der Waals surface area (Å²) >= 11 is 0. The first-order valence-electron chi connectivity index (χ1n) is 6.75. The number of aliphatic hydroxyl groups excluding tert-OH is 1. The number of ether oxygens (including phenoxy) is 1. The molecule has 1 aliphatic heterocycles. The zero-order valence-electron chi connectivity index (χ0n) is 11.8. The molecule has 1 aromatic heterocycles. The number of Topliss-reactive ketones (excluding diaryl/α,β-unsaturated/α-hetero) is 1. The van der Waals surface area contributed by atoms with Crippen LogP contribution >= 0.6 is 0 Å². The fourth-order valence-corrected chi connectivity index (χ4v) is 2.40. The van der Waals surface area contributed by atoms with Crippen molar-refractivity contribution in [2.24, 2.45) is 5.92 Å². The van der Waals surface area contributed by atoms with Gasteiger partial charge in [0.15, 0.2) is 0 Å². The van der Waals surface area contributed by atoms with E-state index in [-0.39, 0.29) is 11.3 Å². The number of aromatic nitrogens is 1. The summed E-state index contributed by atoms with van der Waals surface area (Å²) in [6.45, 7) is 2.82. The van der Waals surface area contributed by atoms with Crippen molar-refractivity contribution in [2.45, 2.75) is 32.7 Å². The summed E-state index contributed by atoms with van der Waals surface area (Å²) in [7, 11) is 1.20. The van der Waals surface area contributed by atoms with E-state index in [0.717, 1.165) is 19.4 Å². The van der Waals surface area contributed by atoms with E-state index in [1.807, 2.05) is 10.8 Å². The summed E-state index contributed by atoms with van der Waals surface area (Å²) in [5.74, 6) is -1.04. The molecule has 5 heteroatoms. The second-order valence-electron chi connectivity index (χ2n) is 5.16. The van der Waals surface area contributed by atoms with Crippen molar-refractivity contribution in [3.63, 3.8) is 0 Å². The minimum absolute atomic E-state index is 0.177. The number of rotatable bonds is 1. The molecular weight excluding hydrogens is 258 g/mol. The van der Waals surface area contributed by atoms with Gasteiger partial charge in [0.2, 0.25) is 5.78 Å². The highest BCUT2D eigenvalue weighted by Gasteiger charge is 2.28. The number of allylic oxidation sites excluding steroid dienone is 1. The molecule has 1 N–H and O–H groups in total. The largest absolute Gasteiger partial charge is 0.511 e. The molecule has 1 aliphatic rings. The van der Waals surface area contributed by atoms with Crippen LogP contribution in [0.4, 0.5) is 0 Å². The highest BCUT2D eigenvalue weighted by molar-refractivity contribution is 6.24. The normalized spacial score (nSPS) is 24.1. The summed E-state index contributed by atoms with van der Waals surface area (Å²) in [6.07, 6.45) is 3.79. The Balaban J connectivity index is 2.49. The third-order valence-corrected chi connectivity index (χ3v) is 3.70. The Bertz CT molecular complexity index is 556. The topological polar surface area (TPSA) is 68.5 Å². The second kappa shape index (κ2) is 5.94. The van der Waals surface area contributed by atoms with Crippen LogP contribution in [0.3, 0.4) is 0 Å². The van der Waals surface area contributed by atoms with E-state index in [9.17, 15) is 14.7 Å². The molecule has 0 bridgehead atoms. The van der Waals surface area contributed by atoms with Crippen molar-refractivity contribution in [2.75, 3.05) is 7.11 Å². The van der Waals surface area contributed by atoms with E-state index < -0.39 is 11.8 Å². The minimum Gasteiger partial charge on any atom is -0.511 e. The monoisotopic (exact) mass is 277 g/mol. The van der Waals surface area contributed by atoms with Gasteiger partial charge in [0.05, 0.1) is 12.8 Å². The molecule has 0 radical (unpaired) electrons. The Morgan fingerprint density at radius 3 is 2.90 bits per heavy atom. The van der Waals surface area contributed by atoms with E-state index in [2.05, 4.69) is 11.7 Å². The van der Waals surface area contributed by atoms with Gasteiger partial charge in [-0.05, 0) is 30.9 Å². The molecule has 2 rings (SSSR count). The number of hydrogen-bond donors (Lipinski definition) is 1. The average Bonchev–Trinajstić information content (AvgIpc) is 2.90. The molecule has 0 aliphatic carbocycles. The van der Waals surface area contributed by atoms with E-state index in [4.69, 9.17) is 0 Å². The van der Waals surface area contributed by atoms with Gasteiger partial charge in [-0.3, -0.25) is 4.79 Å². The summed E-state index contributed by atoms with van der Waals surface area (Å²) in [4.78, 5) is 24.3. The number of carbonyl (C=O) groups is 2. The zero-order chi connectivity index (χ0) is 14.7. The first kappa shape index (κ1) is 14.4. The zero-order valence-corrected chi connectivity index (χ0v) is 11.8. The molecule has 0 unspecified atom stereocenters. The SMILES string of the molecule is COC(=O)/C1=C(\O)CC[C@@H](C)CCn2cccc2C1=O. The molecule has 1 atom stereocenters. The van der Waals surface area contributed by atoms with Crippen LogP contribution in [-0.2, 0) is 16.1 Å². The molecule has 0 fully saturated rings. The van der Waals surface area contributed by atoms with E-state index in [1.165, 1.54) is 7.11 Å². The first-order valence-corrected chi connectivity index (χ1v) is 6.75. The molecule has 0 saturated carbocycles. The van der Waals surface area contributed by atoms with Gasteiger partial charge in [-0.2, -0.15) is 0 Å². The number of carbonyl (C=O) groups excluding carboxylic acids is 2. The lowest BCUT2D eigenvalue weighted by molar-refractivity contribution is -0.135. The maximum Gasteiger partial charge on any atom is 0.345 e. The van der Waals surface area contributed by atoms with Gasteiger partial charge in [0, 0.05) is 19.2 Å². The van der Waals surface area contributed by atoms with Crippen LogP contribution < -0.4 is 0 Å². The van der Waals surface area contributed by atoms with E-state index >= 15 is 0 Å². The fraction of sp³-hybridized carbons (Fsp3) is 0.467. The second-order valence-corrected chi connectivity index (χ2v) is 5.16. The van der Waals surface area contributed by atoms with Gasteiger partial charge in [-0.25, -0.2) is 4.79 Å². The standard InChI is InChI=1S/C15H19NO4/c1-10-5-6-12(17)13(15(19)20-2)14(18)11-4-3-8-16(11)9-7-10/h3-4,8,10,17H,5-7,9H2,1-2H3/b13-12-/t10-/m1/s1. The maximum atomic E-state index is 12.5. The number of esters is 1. The van der Waals surface area contributed by atoms with E-state index in [0.29, 0.717) is 18.0 Å². The van der Waals surface area contributed by atoms with Crippen LogP contribution in [-0.4, -0.2) is 28.5 Å². The van der Waals surface area contributed by atoms with Crippen LogP contribution in [0.1, 0.15) is 36.7 Å². The lowest BCUT2D eigenvalue weighted by Gasteiger charge is -2.17. The summed E-state index contributed by atoms with van der Waals surface area (Å²) in [5.41, 5.74) is 0.160. The fourth-order valence-electron chi connectivity index (χ4n) is 2.40. The Kier molecular flexibility index (Phi) is 4.27. The summed E-state index contributed by atoms with van der Waals surface area (Å²) in [6, 6.07) is 3.42. The van der Waals surface area contributed by atoms with Crippen molar-refractivity contribution in [3.05, 3.63) is 35.4 Å². The first-order chi connectivity index (χ1) is 9.54. The number of hydrogen-bond acceptors (Lipinski definition) is 4. The number of fused-ring (bicyclic) bond motifs is 1. The van der Waals surface area contributed by atoms with Gasteiger partial charge in [0.25, 0.3) is 0 Å². The Hall–Kier alpha value is -2.04. The third-order valence-electron chi connectivity index (χ3n) is 3.70. The smallest absolute Gasteiger partial charge is 0.345 e. The minimum atomic E-state index is -0.784. The molecule has 1 aromatic rings. The van der Waals surface area contributed by atoms with Crippen molar-refractivity contribution in [1.82, 2.24) is 4.57 Å². The van der Waals surface area contributed by atoms with Gasteiger partial charge in [-0.1, -0.05) is 6.92 Å². The average molecular weight is 277 g/mol. The number of aryl methyl sites for hydroxylation is 1. The Labute approximate surface area is 117 Å². The highest BCUT2D eigenvalue weighted by atomic mass is 16.5. The third kappa shape index (κ3) is 2.76. The van der Waals surface area contributed by atoms with Crippen molar-refractivity contribution in [3.8, 4) is 0 Å². The Morgan fingerprint density at radius 1 is 1.45 bits per heavy atom. The maximum absolute atomic E-state index is 12.5. The predicted molar refractivity (Wildman–Crippen MR) is 73.4 cm³/mol. The molecule has 2 heterocycles. The molecule has 0 saturated heterocycles. The molecule has 5 nitrogen and oxygen atoms in total. The quantitative estimate of drug-likeness (QED) is 0.632. The molecular formula is C15H19NO4. The highest BCUT2D eigenvalue weighted by Crippen LogP contribution is 2.23. The molecule has 0 aromatic carbocycles. The van der Waals surface area contributed by atoms with Gasteiger partial charge < -0.3 is 14.4 Å². The van der Waals surface area contributed by atoms with Crippen molar-refractivity contribution in [1.29, 1.82) is 0 Å². The van der Waals surface area contributed by atoms with Gasteiger partial charge in [0.1, 0.15) is 11.3 Å². The molecule has 0 amide bonds. The molecule has 20 heavy (non-hydrogen) atoms. The van der Waals surface area contributed by atoms with Crippen LogP contribution in [0.2, 0.25) is 0 Å². The van der Waals surface area contributed by atoms with Crippen LogP contribution in [0.5, 0.6) is 0 Å². The number of ketones is 1. The summed E-state index contributed by atoms with van der Waals surface area (Å²) < 4.78 is 6.45. The van der Waals surface area contributed by atoms with Crippen LogP contribution in [0.25, 0.3) is 0 Å². The Morgan fingerprint density at radius 2 is 2.20 bits per heavy atom. The van der Waals surface area contributed by atoms with Crippen LogP contribution in [0.15, 0.2) is 29.7 Å². The molecule has 0 spiro atoms. The van der Waals surface area contributed by atoms with Crippen molar-refractivity contribution >= 4 is 11.8 Å². The predicted octanol–water partition coefficient (Wildman–Crippen LogP) is 2.48. The lowest BCUT2D eigenvalue weighted by atomic mass is 9.96. The van der Waals surface area contributed by atoms with Crippen molar-refractivity contribution < 1.29 is 19.4 Å². The van der Waals surface area contributed by atoms with Crippen LogP contribution in [0, 0.1) is 5.92 Å².